The molecule has 0 amide bonds. The number of nitrogens with zero attached hydrogens (tertiary/aromatic N) is 2. The largest absolute Gasteiger partial charge is 0.491 e. The number of hydrogen-bond acceptors (Lipinski definition) is 3. The Balaban J connectivity index is 1.80. The van der Waals surface area contributed by atoms with Crippen molar-refractivity contribution in [1.29, 1.82) is 0 Å². The van der Waals surface area contributed by atoms with Gasteiger partial charge >= 0.3 is 0 Å². The molecule has 0 spiro atoms. The van der Waals surface area contributed by atoms with Crippen molar-refractivity contribution in [3.63, 3.8) is 0 Å². The van der Waals surface area contributed by atoms with Gasteiger partial charge in [-0.3, -0.25) is 4.68 Å². The molecule has 17 heavy (non-hydrogen) atoms. The molecule has 0 bridgehead atoms. The minimum Gasteiger partial charge on any atom is -0.491 e. The van der Waals surface area contributed by atoms with Crippen LogP contribution in [0.5, 0.6) is 5.75 Å². The van der Waals surface area contributed by atoms with Crippen LogP contribution in [-0.4, -0.2) is 27.6 Å². The molecule has 1 aromatic carbocycles. The van der Waals surface area contributed by atoms with Crippen molar-refractivity contribution in [3.05, 3.63) is 48.3 Å². The monoisotopic (exact) mass is 232 g/mol. The SMILES string of the molecule is Cn1ccc(CC(O)COc2ccccc2)n1. The first-order chi connectivity index (χ1) is 8.24. The fourth-order valence-electron chi connectivity index (χ4n) is 1.58. The molecule has 1 unspecified atom stereocenters. The molecule has 0 saturated carbocycles. The highest BCUT2D eigenvalue weighted by molar-refractivity contribution is 5.20. The minimum absolute atomic E-state index is 0.278. The molecule has 0 radical (unpaired) electrons. The fourth-order valence-corrected chi connectivity index (χ4v) is 1.58. The highest BCUT2D eigenvalue weighted by Crippen LogP contribution is 2.09. The summed E-state index contributed by atoms with van der Waals surface area (Å²) in [5, 5.41) is 14.0. The Morgan fingerprint density at radius 1 is 1.29 bits per heavy atom. The Morgan fingerprint density at radius 2 is 2.06 bits per heavy atom. The number of aliphatic hydroxyl groups excluding tert-OH is 1. The third-order valence-electron chi connectivity index (χ3n) is 2.40. The van der Waals surface area contributed by atoms with Crippen molar-refractivity contribution in [3.8, 4) is 5.75 Å². The zero-order valence-corrected chi connectivity index (χ0v) is 9.78. The molecule has 2 aromatic rings. The zero-order valence-electron chi connectivity index (χ0n) is 9.78. The Kier molecular flexibility index (Phi) is 3.77. The van der Waals surface area contributed by atoms with E-state index in [0.29, 0.717) is 6.42 Å². The minimum atomic E-state index is -0.537. The summed E-state index contributed by atoms with van der Waals surface area (Å²) in [6, 6.07) is 11.4. The average molecular weight is 232 g/mol. The van der Waals surface area contributed by atoms with E-state index in [-0.39, 0.29) is 6.61 Å². The van der Waals surface area contributed by atoms with Crippen LogP contribution in [-0.2, 0) is 13.5 Å². The summed E-state index contributed by atoms with van der Waals surface area (Å²) in [6.45, 7) is 0.278. The van der Waals surface area contributed by atoms with Crippen LogP contribution in [0.4, 0.5) is 0 Å². The Hall–Kier alpha value is -1.81. The first-order valence-corrected chi connectivity index (χ1v) is 5.58. The standard InChI is InChI=1S/C13H16N2O2/c1-15-8-7-11(14-15)9-12(16)10-17-13-5-3-2-4-6-13/h2-8,12,16H,9-10H2,1H3. The molecule has 1 heterocycles. The number of aromatic nitrogens is 2. The molecule has 0 aliphatic heterocycles. The topological polar surface area (TPSA) is 47.3 Å². The Bertz CT molecular complexity index is 453. The number of hydrogen-bond donors (Lipinski definition) is 1. The maximum absolute atomic E-state index is 9.80. The van der Waals surface area contributed by atoms with E-state index in [9.17, 15) is 5.11 Å². The predicted molar refractivity (Wildman–Crippen MR) is 64.9 cm³/mol. The summed E-state index contributed by atoms with van der Waals surface area (Å²) in [6.07, 6.45) is 1.83. The lowest BCUT2D eigenvalue weighted by atomic mass is 10.2. The van der Waals surface area contributed by atoms with E-state index >= 15 is 0 Å². The molecule has 4 heteroatoms. The van der Waals surface area contributed by atoms with E-state index in [1.165, 1.54) is 0 Å². The lowest BCUT2D eigenvalue weighted by molar-refractivity contribution is 0.107. The highest BCUT2D eigenvalue weighted by Gasteiger charge is 2.08. The van der Waals surface area contributed by atoms with Crippen LogP contribution in [0, 0.1) is 0 Å². The number of ether oxygens (including phenoxy) is 1. The summed E-state index contributed by atoms with van der Waals surface area (Å²) in [5.41, 5.74) is 0.872. The van der Waals surface area contributed by atoms with Crippen molar-refractivity contribution < 1.29 is 9.84 Å². The van der Waals surface area contributed by atoms with Gasteiger partial charge in [0.1, 0.15) is 12.4 Å². The van der Waals surface area contributed by atoms with Crippen molar-refractivity contribution in [1.82, 2.24) is 9.78 Å². The second kappa shape index (κ2) is 5.50. The molecule has 1 atom stereocenters. The molecule has 2 rings (SSSR count). The van der Waals surface area contributed by atoms with Gasteiger partial charge in [-0.05, 0) is 18.2 Å². The van der Waals surface area contributed by atoms with Gasteiger partial charge < -0.3 is 9.84 Å². The fraction of sp³-hybridized carbons (Fsp3) is 0.308. The van der Waals surface area contributed by atoms with E-state index in [1.54, 1.807) is 4.68 Å². The lowest BCUT2D eigenvalue weighted by Gasteiger charge is -2.10. The number of para-hydroxylation sites is 1. The van der Waals surface area contributed by atoms with E-state index in [0.717, 1.165) is 11.4 Å². The molecular formula is C13H16N2O2. The van der Waals surface area contributed by atoms with E-state index < -0.39 is 6.10 Å². The van der Waals surface area contributed by atoms with Gasteiger partial charge in [-0.25, -0.2) is 0 Å². The van der Waals surface area contributed by atoms with Gasteiger partial charge in [0.05, 0.1) is 11.8 Å². The number of aryl methyl sites for hydroxylation is 1. The number of rotatable bonds is 5. The number of aliphatic hydroxyl groups is 1. The molecule has 0 aliphatic carbocycles. The predicted octanol–water partition coefficient (Wildman–Crippen LogP) is 1.40. The van der Waals surface area contributed by atoms with Crippen LogP contribution in [0.1, 0.15) is 5.69 Å². The van der Waals surface area contributed by atoms with Crippen LogP contribution in [0.3, 0.4) is 0 Å². The molecule has 1 aromatic heterocycles. The van der Waals surface area contributed by atoms with Crippen LogP contribution >= 0.6 is 0 Å². The summed E-state index contributed by atoms with van der Waals surface area (Å²) >= 11 is 0. The molecule has 0 saturated heterocycles. The van der Waals surface area contributed by atoms with Crippen molar-refractivity contribution in [2.45, 2.75) is 12.5 Å². The summed E-state index contributed by atoms with van der Waals surface area (Å²) in [5.74, 6) is 0.771. The van der Waals surface area contributed by atoms with Gasteiger partial charge in [0.25, 0.3) is 0 Å². The maximum Gasteiger partial charge on any atom is 0.119 e. The summed E-state index contributed by atoms with van der Waals surface area (Å²) in [7, 11) is 1.86. The smallest absolute Gasteiger partial charge is 0.119 e. The van der Waals surface area contributed by atoms with Gasteiger partial charge in [0.2, 0.25) is 0 Å². The molecule has 0 aliphatic rings. The van der Waals surface area contributed by atoms with Crippen molar-refractivity contribution in [2.24, 2.45) is 7.05 Å². The van der Waals surface area contributed by atoms with E-state index in [1.807, 2.05) is 49.6 Å². The van der Waals surface area contributed by atoms with Gasteiger partial charge in [0, 0.05) is 19.7 Å². The van der Waals surface area contributed by atoms with Crippen LogP contribution in [0.2, 0.25) is 0 Å². The van der Waals surface area contributed by atoms with Crippen molar-refractivity contribution in [2.75, 3.05) is 6.61 Å². The average Bonchev–Trinajstić information content (AvgIpc) is 2.73. The van der Waals surface area contributed by atoms with Crippen molar-refractivity contribution >= 4 is 0 Å². The van der Waals surface area contributed by atoms with Crippen LogP contribution in [0.15, 0.2) is 42.6 Å². The molecule has 90 valence electrons. The van der Waals surface area contributed by atoms with Gasteiger partial charge in [0.15, 0.2) is 0 Å². The number of benzene rings is 1. The zero-order chi connectivity index (χ0) is 12.1. The summed E-state index contributed by atoms with van der Waals surface area (Å²) in [4.78, 5) is 0. The molecule has 0 fully saturated rings. The second-order valence-corrected chi connectivity index (χ2v) is 3.96. The van der Waals surface area contributed by atoms with E-state index in [2.05, 4.69) is 5.10 Å². The molecule has 1 N–H and O–H groups in total. The highest BCUT2D eigenvalue weighted by atomic mass is 16.5. The third kappa shape index (κ3) is 3.60. The first-order valence-electron chi connectivity index (χ1n) is 5.58. The molecular weight excluding hydrogens is 216 g/mol. The Labute approximate surface area is 100 Å². The summed E-state index contributed by atoms with van der Waals surface area (Å²) < 4.78 is 7.18. The van der Waals surface area contributed by atoms with Crippen LogP contribution in [0.25, 0.3) is 0 Å². The quantitative estimate of drug-likeness (QED) is 0.847. The normalized spacial score (nSPS) is 12.4. The van der Waals surface area contributed by atoms with Gasteiger partial charge in [-0.1, -0.05) is 18.2 Å². The first kappa shape index (κ1) is 11.7. The third-order valence-corrected chi connectivity index (χ3v) is 2.40. The van der Waals surface area contributed by atoms with Gasteiger partial charge in [-0.2, -0.15) is 5.10 Å². The van der Waals surface area contributed by atoms with Crippen LogP contribution < -0.4 is 4.74 Å². The molecule has 4 nitrogen and oxygen atoms in total. The second-order valence-electron chi connectivity index (χ2n) is 3.96. The van der Waals surface area contributed by atoms with E-state index in [4.69, 9.17) is 4.74 Å². The lowest BCUT2D eigenvalue weighted by Crippen LogP contribution is -2.20. The Morgan fingerprint density at radius 3 is 2.71 bits per heavy atom. The maximum atomic E-state index is 9.80. The van der Waals surface area contributed by atoms with Gasteiger partial charge in [-0.15, -0.1) is 0 Å².